The number of hydrogen-bond acceptors (Lipinski definition) is 7. The minimum atomic E-state index is -4.39. The lowest BCUT2D eigenvalue weighted by molar-refractivity contribution is -0.137. The van der Waals surface area contributed by atoms with Crippen molar-refractivity contribution in [2.75, 3.05) is 41.3 Å². The van der Waals surface area contributed by atoms with Crippen molar-refractivity contribution in [3.8, 4) is 11.8 Å². The Kier molecular flexibility index (Phi) is 7.61. The molecule has 0 amide bonds. The van der Waals surface area contributed by atoms with E-state index in [1.54, 1.807) is 18.2 Å². The number of aryl methyl sites for hydroxylation is 1. The Balaban J connectivity index is 1.27. The predicted molar refractivity (Wildman–Crippen MR) is 163 cm³/mol. The van der Waals surface area contributed by atoms with Gasteiger partial charge in [0.2, 0.25) is 0 Å². The second kappa shape index (κ2) is 11.5. The molecule has 0 unspecified atom stereocenters. The van der Waals surface area contributed by atoms with Gasteiger partial charge in [-0.3, -0.25) is 5.10 Å². The molecule has 9 nitrogen and oxygen atoms in total. The van der Waals surface area contributed by atoms with Gasteiger partial charge in [-0.25, -0.2) is 0 Å². The van der Waals surface area contributed by atoms with Gasteiger partial charge in [0.15, 0.2) is 5.82 Å². The Bertz CT molecular complexity index is 1790. The van der Waals surface area contributed by atoms with Gasteiger partial charge in [0.1, 0.15) is 17.4 Å². The Hall–Kier alpha value is -4.71. The highest BCUT2D eigenvalue weighted by Gasteiger charge is 2.31. The number of H-pyrrole nitrogens is 2. The molecule has 0 saturated carbocycles. The number of hydrogen-bond donors (Lipinski definition) is 3. The monoisotopic (exact) mass is 608 g/mol. The maximum atomic E-state index is 13.3. The molecule has 0 radical (unpaired) electrons. The van der Waals surface area contributed by atoms with Gasteiger partial charge >= 0.3 is 12.2 Å². The number of aromatic nitrogens is 5. The van der Waals surface area contributed by atoms with Crippen LogP contribution in [0.2, 0.25) is 5.02 Å². The fourth-order valence-electron chi connectivity index (χ4n) is 5.02. The van der Waals surface area contributed by atoms with Crippen molar-refractivity contribution in [2.24, 2.45) is 0 Å². The summed E-state index contributed by atoms with van der Waals surface area (Å²) >= 11 is 6.69. The van der Waals surface area contributed by atoms with E-state index in [1.807, 2.05) is 54.0 Å². The number of alkyl halides is 3. The fourth-order valence-corrected chi connectivity index (χ4v) is 5.28. The van der Waals surface area contributed by atoms with E-state index in [2.05, 4.69) is 30.5 Å². The molecule has 0 aliphatic carbocycles. The molecule has 222 valence electrons. The summed E-state index contributed by atoms with van der Waals surface area (Å²) in [6, 6.07) is 14.7. The topological polar surface area (TPSA) is 98.0 Å². The van der Waals surface area contributed by atoms with Crippen molar-refractivity contribution >= 4 is 51.7 Å². The van der Waals surface area contributed by atoms with Crippen LogP contribution in [0.5, 0.6) is 11.8 Å². The number of halogens is 4. The van der Waals surface area contributed by atoms with Crippen LogP contribution in [0.3, 0.4) is 0 Å². The first kappa shape index (κ1) is 28.4. The third kappa shape index (κ3) is 6.24. The molecule has 4 heterocycles. The molecule has 3 N–H and O–H groups in total. The summed E-state index contributed by atoms with van der Waals surface area (Å²) < 4.78 is 45.9. The number of benzene rings is 2. The molecule has 6 rings (SSSR count). The average molecular weight is 609 g/mol. The minimum absolute atomic E-state index is 0.0815. The molecule has 1 saturated heterocycles. The van der Waals surface area contributed by atoms with Crippen LogP contribution < -0.4 is 19.9 Å². The van der Waals surface area contributed by atoms with E-state index in [0.717, 1.165) is 28.4 Å². The lowest BCUT2D eigenvalue weighted by Crippen LogP contribution is -2.47. The van der Waals surface area contributed by atoms with Crippen molar-refractivity contribution in [3.05, 3.63) is 82.6 Å². The highest BCUT2D eigenvalue weighted by molar-refractivity contribution is 6.37. The van der Waals surface area contributed by atoms with Crippen LogP contribution in [0.15, 0.2) is 60.7 Å². The van der Waals surface area contributed by atoms with Gasteiger partial charge in [-0.05, 0) is 56.3 Å². The number of anilines is 4. The molecule has 1 aliphatic rings. The van der Waals surface area contributed by atoms with E-state index < -0.39 is 11.7 Å². The summed E-state index contributed by atoms with van der Waals surface area (Å²) in [5, 5.41) is 11.7. The van der Waals surface area contributed by atoms with Gasteiger partial charge in [0.05, 0.1) is 16.3 Å². The van der Waals surface area contributed by atoms with Crippen LogP contribution >= 0.6 is 11.6 Å². The van der Waals surface area contributed by atoms with Crippen LogP contribution in [-0.4, -0.2) is 51.3 Å². The van der Waals surface area contributed by atoms with Crippen molar-refractivity contribution in [1.82, 2.24) is 25.1 Å². The van der Waals surface area contributed by atoms with Crippen LogP contribution in [0.25, 0.3) is 17.0 Å². The molecule has 5 aromatic rings. The quantitative estimate of drug-likeness (QED) is 0.175. The summed E-state index contributed by atoms with van der Waals surface area (Å²) in [5.41, 5.74) is 2.55. The number of aromatic amines is 2. The first-order valence-electron chi connectivity index (χ1n) is 13.6. The molecule has 13 heteroatoms. The number of nitrogens with zero attached hydrogens (tertiary/aromatic N) is 5. The highest BCUT2D eigenvalue weighted by Crippen LogP contribution is 2.36. The number of fused-ring (bicyclic) bond motifs is 1. The number of piperazine rings is 1. The van der Waals surface area contributed by atoms with E-state index in [4.69, 9.17) is 16.3 Å². The van der Waals surface area contributed by atoms with E-state index in [0.29, 0.717) is 60.1 Å². The third-order valence-corrected chi connectivity index (χ3v) is 7.46. The lowest BCUT2D eigenvalue weighted by atomic mass is 10.1. The summed E-state index contributed by atoms with van der Waals surface area (Å²) in [6.45, 7) is 5.92. The molecule has 3 aromatic heterocycles. The van der Waals surface area contributed by atoms with Gasteiger partial charge in [0.25, 0.3) is 0 Å². The molecule has 1 fully saturated rings. The van der Waals surface area contributed by atoms with Gasteiger partial charge in [-0.1, -0.05) is 23.7 Å². The van der Waals surface area contributed by atoms with Crippen molar-refractivity contribution in [1.29, 1.82) is 0 Å². The normalized spacial score (nSPS) is 14.2. The van der Waals surface area contributed by atoms with Gasteiger partial charge in [0, 0.05) is 60.6 Å². The summed E-state index contributed by atoms with van der Waals surface area (Å²) in [4.78, 5) is 16.5. The zero-order valence-electron chi connectivity index (χ0n) is 23.3. The largest absolute Gasteiger partial charge is 0.423 e. The molecule has 43 heavy (non-hydrogen) atoms. The summed E-state index contributed by atoms with van der Waals surface area (Å²) in [6.07, 6.45) is -0.603. The SMILES string of the molecule is C/C=C/c1cc(Nc2cc(N3CCN(c4cccc(C(F)(F)F)c4)CC3)nc(Oc3ccc4[nH]c(C)cc4c3Cl)n2)n[nH]1. The van der Waals surface area contributed by atoms with Gasteiger partial charge in [-0.15, -0.1) is 0 Å². The lowest BCUT2D eigenvalue weighted by Gasteiger charge is -2.37. The number of rotatable bonds is 7. The number of allylic oxidation sites excluding steroid dienone is 1. The number of ether oxygens (including phenoxy) is 1. The summed E-state index contributed by atoms with van der Waals surface area (Å²) in [5.74, 6) is 2.00. The molecule has 0 spiro atoms. The molecule has 0 bridgehead atoms. The molecular weight excluding hydrogens is 581 g/mol. The second-order valence-electron chi connectivity index (χ2n) is 10.1. The van der Waals surface area contributed by atoms with Crippen molar-refractivity contribution in [3.63, 3.8) is 0 Å². The van der Waals surface area contributed by atoms with Crippen LogP contribution in [0, 0.1) is 6.92 Å². The van der Waals surface area contributed by atoms with E-state index >= 15 is 0 Å². The maximum absolute atomic E-state index is 13.3. The average Bonchev–Trinajstić information content (AvgIpc) is 3.60. The van der Waals surface area contributed by atoms with E-state index in [9.17, 15) is 13.2 Å². The fraction of sp³-hybridized carbons (Fsp3) is 0.233. The number of nitrogens with one attached hydrogen (secondary N) is 3. The maximum Gasteiger partial charge on any atom is 0.416 e. The summed E-state index contributed by atoms with van der Waals surface area (Å²) in [7, 11) is 0. The molecule has 1 aliphatic heterocycles. The first-order chi connectivity index (χ1) is 20.7. The Labute approximate surface area is 250 Å². The second-order valence-corrected chi connectivity index (χ2v) is 10.5. The smallest absolute Gasteiger partial charge is 0.416 e. The predicted octanol–water partition coefficient (Wildman–Crippen LogP) is 7.56. The van der Waals surface area contributed by atoms with E-state index in [1.165, 1.54) is 12.1 Å². The third-order valence-electron chi connectivity index (χ3n) is 7.07. The highest BCUT2D eigenvalue weighted by atomic mass is 35.5. The Morgan fingerprint density at radius 2 is 1.77 bits per heavy atom. The standard InChI is InChI=1S/C30H28ClF3N8O/c1-3-5-20-16-26(40-39-20)36-25-17-27(38-29(37-25)43-24-9-8-23-22(28(24)31)14-18(2)35-23)42-12-10-41(11-13-42)21-7-4-6-19(15-21)30(32,33)34/h3-9,14-17,35H,10-13H2,1-2H3,(H2,36,37,38,39,40)/b5-3+. The Morgan fingerprint density at radius 3 is 2.53 bits per heavy atom. The van der Waals surface area contributed by atoms with Crippen molar-refractivity contribution < 1.29 is 17.9 Å². The zero-order valence-corrected chi connectivity index (χ0v) is 24.1. The zero-order chi connectivity index (χ0) is 30.1. The van der Waals surface area contributed by atoms with Crippen LogP contribution in [-0.2, 0) is 6.18 Å². The Morgan fingerprint density at radius 1 is 0.977 bits per heavy atom. The van der Waals surface area contributed by atoms with E-state index in [-0.39, 0.29) is 6.01 Å². The molecular formula is C30H28ClF3N8O. The van der Waals surface area contributed by atoms with Gasteiger partial charge in [-0.2, -0.15) is 28.2 Å². The van der Waals surface area contributed by atoms with Crippen LogP contribution in [0.1, 0.15) is 23.9 Å². The minimum Gasteiger partial charge on any atom is -0.423 e. The molecule has 0 atom stereocenters. The van der Waals surface area contributed by atoms with Gasteiger partial charge < -0.3 is 24.8 Å². The van der Waals surface area contributed by atoms with Crippen molar-refractivity contribution in [2.45, 2.75) is 20.0 Å². The first-order valence-corrected chi connectivity index (χ1v) is 14.0. The molecule has 2 aromatic carbocycles. The van der Waals surface area contributed by atoms with Crippen LogP contribution in [0.4, 0.5) is 36.3 Å².